The van der Waals surface area contributed by atoms with Crippen molar-refractivity contribution in [1.29, 1.82) is 0 Å². The number of likely N-dealkylation sites (N-methyl/N-ethyl adjacent to an activating group) is 1. The number of ether oxygens (including phenoxy) is 1. The molecule has 0 radical (unpaired) electrons. The number of halogens is 4. The first kappa shape index (κ1) is 24.9. The summed E-state index contributed by atoms with van der Waals surface area (Å²) in [4.78, 5) is 11.1. The Bertz CT molecular complexity index is 1170. The zero-order valence-corrected chi connectivity index (χ0v) is 18.3. The maximum absolute atomic E-state index is 13.9. The Labute approximate surface area is 192 Å². The number of nitrogens with zero attached hydrogens (tertiary/aromatic N) is 3. The van der Waals surface area contributed by atoms with Crippen molar-refractivity contribution in [2.45, 2.75) is 31.9 Å². The molecular weight excluding hydrogens is 454 g/mol. The molecule has 0 fully saturated rings. The third-order valence-electron chi connectivity index (χ3n) is 4.80. The van der Waals surface area contributed by atoms with Crippen LogP contribution in [0.25, 0.3) is 16.5 Å². The van der Waals surface area contributed by atoms with E-state index in [0.717, 1.165) is 18.9 Å². The van der Waals surface area contributed by atoms with Crippen LogP contribution in [0.3, 0.4) is 0 Å². The van der Waals surface area contributed by atoms with Crippen LogP contribution < -0.4 is 10.1 Å². The number of hydrogen-bond acceptors (Lipinski definition) is 5. The summed E-state index contributed by atoms with van der Waals surface area (Å²) in [5.41, 5.74) is 1.07. The van der Waals surface area contributed by atoms with Gasteiger partial charge >= 0.3 is 6.18 Å². The van der Waals surface area contributed by atoms with E-state index in [0.29, 0.717) is 24.1 Å². The summed E-state index contributed by atoms with van der Waals surface area (Å²) >= 11 is 0. The predicted molar refractivity (Wildman–Crippen MR) is 118 cm³/mol. The number of amides is 1. The maximum Gasteiger partial charge on any atom is 0.392 e. The molecule has 0 atom stereocenters. The fraction of sp³-hybridized carbons (Fsp3) is 0.304. The molecule has 11 heteroatoms. The SMILES string of the molecule is CNC(=O)/C=C/CCCCOc1ccc(/C(=C/CC(F)(F)F)c2ccc3n[nH]c(F)c3c2)nn1. The van der Waals surface area contributed by atoms with Gasteiger partial charge in [0.05, 0.1) is 29.6 Å². The van der Waals surface area contributed by atoms with Crippen molar-refractivity contribution >= 4 is 22.4 Å². The largest absolute Gasteiger partial charge is 0.477 e. The molecule has 0 aliphatic carbocycles. The van der Waals surface area contributed by atoms with Crippen LogP contribution in [0.2, 0.25) is 0 Å². The Balaban J connectivity index is 1.68. The summed E-state index contributed by atoms with van der Waals surface area (Å²) in [6.07, 6.45) is 0.880. The van der Waals surface area contributed by atoms with E-state index in [-0.39, 0.29) is 28.4 Å². The molecule has 0 bridgehead atoms. The fourth-order valence-electron chi connectivity index (χ4n) is 3.09. The molecule has 2 aromatic heterocycles. The predicted octanol–water partition coefficient (Wildman–Crippen LogP) is 4.73. The number of carbonyl (C=O) groups excluding carboxylic acids is 1. The average molecular weight is 477 g/mol. The summed E-state index contributed by atoms with van der Waals surface area (Å²) in [7, 11) is 1.56. The van der Waals surface area contributed by atoms with Crippen molar-refractivity contribution in [3.8, 4) is 5.88 Å². The van der Waals surface area contributed by atoms with E-state index in [4.69, 9.17) is 4.74 Å². The second-order valence-electron chi connectivity index (χ2n) is 7.32. The molecule has 1 amide bonds. The Morgan fingerprint density at radius 1 is 1.18 bits per heavy atom. The van der Waals surface area contributed by atoms with Gasteiger partial charge in [-0.25, -0.2) is 0 Å². The first-order valence-electron chi connectivity index (χ1n) is 10.5. The monoisotopic (exact) mass is 477 g/mol. The summed E-state index contributed by atoms with van der Waals surface area (Å²) in [6, 6.07) is 7.51. The highest BCUT2D eigenvalue weighted by Crippen LogP contribution is 2.29. The second-order valence-corrected chi connectivity index (χ2v) is 7.32. The second kappa shape index (κ2) is 11.4. The first-order valence-corrected chi connectivity index (χ1v) is 10.5. The minimum atomic E-state index is -4.41. The van der Waals surface area contributed by atoms with E-state index in [1.54, 1.807) is 19.2 Å². The molecule has 1 aromatic carbocycles. The Morgan fingerprint density at radius 3 is 2.71 bits per heavy atom. The van der Waals surface area contributed by atoms with E-state index < -0.39 is 18.5 Å². The van der Waals surface area contributed by atoms with Crippen molar-refractivity contribution in [2.75, 3.05) is 13.7 Å². The number of H-pyrrole nitrogens is 1. The van der Waals surface area contributed by atoms with Crippen LogP contribution in [-0.4, -0.2) is 46.1 Å². The zero-order chi connectivity index (χ0) is 24.6. The Kier molecular flexibility index (Phi) is 8.34. The highest BCUT2D eigenvalue weighted by Gasteiger charge is 2.26. The number of aromatic amines is 1. The molecule has 0 saturated carbocycles. The van der Waals surface area contributed by atoms with Crippen molar-refractivity contribution in [1.82, 2.24) is 25.7 Å². The normalized spacial score (nSPS) is 12.4. The lowest BCUT2D eigenvalue weighted by Crippen LogP contribution is -2.13. The van der Waals surface area contributed by atoms with Gasteiger partial charge < -0.3 is 10.1 Å². The van der Waals surface area contributed by atoms with Gasteiger partial charge in [0, 0.05) is 18.7 Å². The van der Waals surface area contributed by atoms with Crippen molar-refractivity contribution in [3.05, 3.63) is 65.8 Å². The van der Waals surface area contributed by atoms with Crippen LogP contribution >= 0.6 is 0 Å². The van der Waals surface area contributed by atoms with Gasteiger partial charge in [0.1, 0.15) is 0 Å². The standard InChI is InChI=1S/C23H23F4N5O2/c1-28-20(33)6-4-2-3-5-13-34-21-10-9-18(29-31-21)16(11-12-23(25,26)27)15-7-8-19-17(14-15)22(24)32-30-19/h4,6-11,14H,2-3,5,12-13H2,1H3,(H,28,33)(H,30,32)/b6-4+,16-11+. The molecule has 7 nitrogen and oxygen atoms in total. The van der Waals surface area contributed by atoms with E-state index in [1.165, 1.54) is 30.3 Å². The quantitative estimate of drug-likeness (QED) is 0.250. The van der Waals surface area contributed by atoms with Gasteiger partial charge in [-0.3, -0.25) is 9.89 Å². The molecule has 3 aromatic rings. The van der Waals surface area contributed by atoms with Crippen molar-refractivity contribution in [2.24, 2.45) is 0 Å². The van der Waals surface area contributed by atoms with Gasteiger partial charge in [-0.15, -0.1) is 10.2 Å². The molecule has 0 unspecified atom stereocenters. The highest BCUT2D eigenvalue weighted by atomic mass is 19.4. The summed E-state index contributed by atoms with van der Waals surface area (Å²) in [5.74, 6) is -0.604. The summed E-state index contributed by atoms with van der Waals surface area (Å²) in [5, 5.41) is 16.6. The van der Waals surface area contributed by atoms with E-state index in [2.05, 4.69) is 25.7 Å². The third-order valence-corrected chi connectivity index (χ3v) is 4.80. The van der Waals surface area contributed by atoms with Gasteiger partial charge in [-0.1, -0.05) is 18.2 Å². The number of unbranched alkanes of at least 4 members (excludes halogenated alkanes) is 2. The minimum absolute atomic E-state index is 0.161. The van der Waals surface area contributed by atoms with E-state index in [1.807, 2.05) is 0 Å². The number of alkyl halides is 3. The van der Waals surface area contributed by atoms with Crippen LogP contribution in [0.15, 0.2) is 48.6 Å². The van der Waals surface area contributed by atoms with Crippen LogP contribution in [-0.2, 0) is 4.79 Å². The summed E-state index contributed by atoms with van der Waals surface area (Å²) < 4.78 is 58.1. The van der Waals surface area contributed by atoms with Crippen LogP contribution in [0, 0.1) is 5.95 Å². The van der Waals surface area contributed by atoms with E-state index >= 15 is 0 Å². The first-order chi connectivity index (χ1) is 16.3. The third kappa shape index (κ3) is 7.12. The van der Waals surface area contributed by atoms with Crippen LogP contribution in [0.4, 0.5) is 17.6 Å². The van der Waals surface area contributed by atoms with Crippen molar-refractivity contribution in [3.63, 3.8) is 0 Å². The Hall–Kier alpha value is -3.76. The lowest BCUT2D eigenvalue weighted by molar-refractivity contribution is -0.125. The topological polar surface area (TPSA) is 92.8 Å². The molecule has 0 aliphatic rings. The number of fused-ring (bicyclic) bond motifs is 1. The molecule has 2 heterocycles. The fourth-order valence-corrected chi connectivity index (χ4v) is 3.09. The van der Waals surface area contributed by atoms with Gasteiger partial charge in [-0.05, 0) is 49.1 Å². The number of carbonyl (C=O) groups is 1. The average Bonchev–Trinajstić information content (AvgIpc) is 3.18. The maximum atomic E-state index is 13.9. The zero-order valence-electron chi connectivity index (χ0n) is 18.3. The molecule has 180 valence electrons. The molecule has 34 heavy (non-hydrogen) atoms. The number of hydrogen-bond donors (Lipinski definition) is 2. The van der Waals surface area contributed by atoms with Gasteiger partial charge in [0.15, 0.2) is 0 Å². The van der Waals surface area contributed by atoms with E-state index in [9.17, 15) is 22.4 Å². The van der Waals surface area contributed by atoms with Crippen molar-refractivity contribution < 1.29 is 27.1 Å². The van der Waals surface area contributed by atoms with Gasteiger partial charge in [0.25, 0.3) is 0 Å². The number of aromatic nitrogens is 4. The molecule has 0 spiro atoms. The Morgan fingerprint density at radius 2 is 2.00 bits per heavy atom. The number of nitrogens with one attached hydrogen (secondary N) is 2. The lowest BCUT2D eigenvalue weighted by atomic mass is 9.99. The van der Waals surface area contributed by atoms with Crippen LogP contribution in [0.5, 0.6) is 5.88 Å². The van der Waals surface area contributed by atoms with Gasteiger partial charge in [0.2, 0.25) is 17.7 Å². The molecule has 3 rings (SSSR count). The smallest absolute Gasteiger partial charge is 0.392 e. The highest BCUT2D eigenvalue weighted by molar-refractivity contribution is 5.87. The molecule has 0 saturated heterocycles. The lowest BCUT2D eigenvalue weighted by Gasteiger charge is -2.10. The summed E-state index contributed by atoms with van der Waals surface area (Å²) in [6.45, 7) is 0.370. The number of rotatable bonds is 10. The molecular formula is C23H23F4N5O2. The van der Waals surface area contributed by atoms with Gasteiger partial charge in [-0.2, -0.15) is 22.7 Å². The minimum Gasteiger partial charge on any atom is -0.477 e. The van der Waals surface area contributed by atoms with Crippen LogP contribution in [0.1, 0.15) is 36.9 Å². The number of benzene rings is 1. The molecule has 0 aliphatic heterocycles. The number of allylic oxidation sites excluding steroid dienone is 2. The molecule has 2 N–H and O–H groups in total.